The zero-order valence-electron chi connectivity index (χ0n) is 18.6. The largest absolute Gasteiger partial charge is 0.493 e. The first-order chi connectivity index (χ1) is 15.7. The van der Waals surface area contributed by atoms with Crippen LogP contribution in [0.5, 0.6) is 11.6 Å². The Hall–Kier alpha value is -2.98. The van der Waals surface area contributed by atoms with Crippen molar-refractivity contribution in [3.8, 4) is 11.6 Å². The van der Waals surface area contributed by atoms with Gasteiger partial charge in [-0.25, -0.2) is 22.8 Å². The lowest BCUT2D eigenvalue weighted by Crippen LogP contribution is -2.35. The van der Waals surface area contributed by atoms with Crippen molar-refractivity contribution in [1.29, 1.82) is 0 Å². The Kier molecular flexibility index (Phi) is 5.37. The van der Waals surface area contributed by atoms with E-state index in [4.69, 9.17) is 9.47 Å². The Balaban J connectivity index is 1.52. The van der Waals surface area contributed by atoms with E-state index in [1.165, 1.54) is 22.6 Å². The van der Waals surface area contributed by atoms with Crippen LogP contribution in [0.2, 0.25) is 0 Å². The van der Waals surface area contributed by atoms with Crippen LogP contribution in [0.25, 0.3) is 0 Å². The first-order valence-corrected chi connectivity index (χ1v) is 12.2. The Bertz CT molecular complexity index is 1290. The topological polar surface area (TPSA) is 86.6 Å². The Morgan fingerprint density at radius 3 is 2.76 bits per heavy atom. The van der Waals surface area contributed by atoms with Gasteiger partial charge in [-0.1, -0.05) is 6.07 Å². The highest BCUT2D eigenvalue weighted by Gasteiger charge is 2.51. The molecule has 1 fully saturated rings. The first-order valence-electron chi connectivity index (χ1n) is 10.7. The maximum Gasteiger partial charge on any atom is 0.262 e. The van der Waals surface area contributed by atoms with E-state index in [9.17, 15) is 12.8 Å². The Morgan fingerprint density at radius 2 is 2.03 bits per heavy atom. The van der Waals surface area contributed by atoms with Gasteiger partial charge in [-0.2, -0.15) is 4.31 Å². The molecule has 4 heterocycles. The van der Waals surface area contributed by atoms with Gasteiger partial charge in [0.1, 0.15) is 17.4 Å². The molecule has 8 nitrogen and oxygen atoms in total. The molecule has 1 aromatic carbocycles. The third-order valence-electron chi connectivity index (χ3n) is 6.43. The molecular weight excluding hydrogens is 447 g/mol. The number of pyridine rings is 1. The van der Waals surface area contributed by atoms with Gasteiger partial charge >= 0.3 is 0 Å². The summed E-state index contributed by atoms with van der Waals surface area (Å²) in [5, 5.41) is -0.0207. The third-order valence-corrected chi connectivity index (χ3v) is 8.14. The number of hydrogen-bond donors (Lipinski definition) is 0. The number of ether oxygens (including phenoxy) is 2. The second-order valence-electron chi connectivity index (χ2n) is 8.60. The quantitative estimate of drug-likeness (QED) is 0.567. The minimum atomic E-state index is -3.94. The van der Waals surface area contributed by atoms with Gasteiger partial charge in [-0.05, 0) is 38.1 Å². The van der Waals surface area contributed by atoms with Gasteiger partial charge in [0.05, 0.1) is 19.3 Å². The molecule has 0 radical (unpaired) electrons. The molecule has 10 heteroatoms. The number of aryl methyl sites for hydroxylation is 3. The van der Waals surface area contributed by atoms with Crippen molar-refractivity contribution in [2.75, 3.05) is 19.8 Å². The minimum absolute atomic E-state index is 0.0207. The molecule has 0 N–H and O–H groups in total. The smallest absolute Gasteiger partial charge is 0.262 e. The summed E-state index contributed by atoms with van der Waals surface area (Å²) < 4.78 is 56.5. The van der Waals surface area contributed by atoms with Crippen molar-refractivity contribution in [2.24, 2.45) is 18.9 Å². The van der Waals surface area contributed by atoms with Crippen LogP contribution in [0, 0.1) is 31.5 Å². The number of hydrogen-bond acceptors (Lipinski definition) is 6. The molecule has 0 amide bonds. The fourth-order valence-corrected chi connectivity index (χ4v) is 6.35. The maximum absolute atomic E-state index is 14.2. The van der Waals surface area contributed by atoms with Crippen LogP contribution in [-0.4, -0.2) is 47.0 Å². The standard InChI is InChI=1S/C23H25FN4O4S/c1-14-5-4-6-21(25-14)32-12-16-10-28(33(29,30)22-11-27(3)15(2)26-22)23-18-9-17(24)7-8-20(18)31-13-19(16)23/h4-9,11,16,19,23H,10,12-13H2,1-3H3/t16-,19-,23-/m0/s1. The van der Waals surface area contributed by atoms with Crippen LogP contribution in [0.3, 0.4) is 0 Å². The van der Waals surface area contributed by atoms with Gasteiger partial charge in [-0.15, -0.1) is 0 Å². The second kappa shape index (κ2) is 8.11. The van der Waals surface area contributed by atoms with Gasteiger partial charge in [-0.3, -0.25) is 0 Å². The van der Waals surface area contributed by atoms with Crippen LogP contribution in [0.1, 0.15) is 23.1 Å². The fraction of sp³-hybridized carbons (Fsp3) is 0.391. The second-order valence-corrected chi connectivity index (χ2v) is 10.4. The van der Waals surface area contributed by atoms with Crippen LogP contribution < -0.4 is 9.47 Å². The molecule has 2 aliphatic rings. The van der Waals surface area contributed by atoms with Crippen molar-refractivity contribution >= 4 is 10.0 Å². The van der Waals surface area contributed by atoms with E-state index in [0.717, 1.165) is 5.69 Å². The van der Waals surface area contributed by atoms with Crippen LogP contribution in [0.15, 0.2) is 47.6 Å². The zero-order valence-corrected chi connectivity index (χ0v) is 19.4. The molecule has 0 spiro atoms. The van der Waals surface area contributed by atoms with Gasteiger partial charge < -0.3 is 14.0 Å². The lowest BCUT2D eigenvalue weighted by atomic mass is 9.86. The molecule has 0 bridgehead atoms. The maximum atomic E-state index is 14.2. The van der Waals surface area contributed by atoms with Gasteiger partial charge in [0.15, 0.2) is 5.03 Å². The average molecular weight is 473 g/mol. The number of imidazole rings is 1. The van der Waals surface area contributed by atoms with Crippen molar-refractivity contribution in [3.05, 3.63) is 65.5 Å². The lowest BCUT2D eigenvalue weighted by Gasteiger charge is -2.33. The van der Waals surface area contributed by atoms with E-state index in [1.807, 2.05) is 19.1 Å². The summed E-state index contributed by atoms with van der Waals surface area (Å²) >= 11 is 0. The van der Waals surface area contributed by atoms with Crippen LogP contribution >= 0.6 is 0 Å². The summed E-state index contributed by atoms with van der Waals surface area (Å²) in [6.45, 7) is 4.40. The predicted molar refractivity (Wildman–Crippen MR) is 118 cm³/mol. The van der Waals surface area contributed by atoms with Gasteiger partial charge in [0.25, 0.3) is 10.0 Å². The molecule has 3 atom stereocenters. The number of fused-ring (bicyclic) bond motifs is 3. The van der Waals surface area contributed by atoms with Crippen LogP contribution in [0.4, 0.5) is 4.39 Å². The molecule has 3 aromatic rings. The zero-order chi connectivity index (χ0) is 23.3. The Morgan fingerprint density at radius 1 is 1.21 bits per heavy atom. The van der Waals surface area contributed by atoms with Gasteiger partial charge in [0.2, 0.25) is 5.88 Å². The van der Waals surface area contributed by atoms with E-state index in [2.05, 4.69) is 9.97 Å². The monoisotopic (exact) mass is 472 g/mol. The van der Waals surface area contributed by atoms with E-state index in [0.29, 0.717) is 29.6 Å². The SMILES string of the molecule is Cc1cccc(OC[C@@H]2CN(S(=O)(=O)c3cn(C)c(C)n3)[C@H]3c4cc(F)ccc4OC[C@@H]23)n1. The molecule has 0 unspecified atom stereocenters. The Labute approximate surface area is 192 Å². The van der Waals surface area contributed by atoms with Crippen molar-refractivity contribution in [2.45, 2.75) is 24.9 Å². The highest BCUT2D eigenvalue weighted by molar-refractivity contribution is 7.89. The van der Waals surface area contributed by atoms with E-state index >= 15 is 0 Å². The predicted octanol–water partition coefficient (Wildman–Crippen LogP) is 3.02. The summed E-state index contributed by atoms with van der Waals surface area (Å²) in [6, 6.07) is 9.17. The molecule has 5 rings (SSSR count). The molecule has 174 valence electrons. The number of aromatic nitrogens is 3. The highest BCUT2D eigenvalue weighted by atomic mass is 32.2. The molecule has 2 aliphatic heterocycles. The van der Waals surface area contributed by atoms with Crippen LogP contribution in [-0.2, 0) is 17.1 Å². The van der Waals surface area contributed by atoms with Crippen molar-refractivity contribution in [3.63, 3.8) is 0 Å². The van der Waals surface area contributed by atoms with Crippen molar-refractivity contribution < 1.29 is 22.3 Å². The number of rotatable bonds is 5. The molecular formula is C23H25FN4O4S. The summed E-state index contributed by atoms with van der Waals surface area (Å²) in [5.74, 6) is 0.756. The third kappa shape index (κ3) is 3.87. The summed E-state index contributed by atoms with van der Waals surface area (Å²) in [7, 11) is -2.19. The van der Waals surface area contributed by atoms with E-state index in [1.54, 1.807) is 30.7 Å². The summed E-state index contributed by atoms with van der Waals surface area (Å²) in [5.41, 5.74) is 1.36. The molecule has 33 heavy (non-hydrogen) atoms. The fourth-order valence-electron chi connectivity index (χ4n) is 4.62. The van der Waals surface area contributed by atoms with Gasteiger partial charge in [0, 0.05) is 48.9 Å². The lowest BCUT2D eigenvalue weighted by molar-refractivity contribution is 0.134. The normalized spacial score (nSPS) is 22.5. The number of nitrogens with zero attached hydrogens (tertiary/aromatic N) is 4. The number of sulfonamides is 1. The highest BCUT2D eigenvalue weighted by Crippen LogP contribution is 2.49. The van der Waals surface area contributed by atoms with E-state index in [-0.39, 0.29) is 30.0 Å². The van der Waals surface area contributed by atoms with Crippen molar-refractivity contribution in [1.82, 2.24) is 18.8 Å². The number of benzene rings is 1. The molecule has 0 saturated carbocycles. The average Bonchev–Trinajstić information content (AvgIpc) is 3.33. The molecule has 0 aliphatic carbocycles. The van der Waals surface area contributed by atoms with E-state index < -0.39 is 21.9 Å². The number of halogens is 1. The molecule has 2 aromatic heterocycles. The summed E-state index contributed by atoms with van der Waals surface area (Å²) in [6.07, 6.45) is 1.51. The first kappa shape index (κ1) is 21.8. The molecule has 1 saturated heterocycles. The summed E-state index contributed by atoms with van der Waals surface area (Å²) in [4.78, 5) is 8.62. The minimum Gasteiger partial charge on any atom is -0.493 e.